The summed E-state index contributed by atoms with van der Waals surface area (Å²) in [6.45, 7) is 4.02. The number of carbonyl (C=O) groups excluding carboxylic acids is 2. The van der Waals surface area contributed by atoms with Crippen molar-refractivity contribution < 1.29 is 24.2 Å². The Balaban J connectivity index is 2.17. The Labute approximate surface area is 152 Å². The van der Waals surface area contributed by atoms with Crippen LogP contribution in [0.3, 0.4) is 0 Å². The van der Waals surface area contributed by atoms with Gasteiger partial charge in [-0.15, -0.1) is 0 Å². The maximum Gasteiger partial charge on any atom is 0.315 e. The molecule has 138 valence electrons. The van der Waals surface area contributed by atoms with Crippen LogP contribution in [0.2, 0.25) is 0 Å². The van der Waals surface area contributed by atoms with Gasteiger partial charge in [0, 0.05) is 29.3 Å². The lowest BCUT2D eigenvalue weighted by molar-refractivity contribution is -0.143. The molecule has 0 spiro atoms. The minimum absolute atomic E-state index is 0.0208. The van der Waals surface area contributed by atoms with E-state index in [1.54, 1.807) is 19.1 Å². The number of aliphatic imine (C=N–C) groups is 1. The maximum absolute atomic E-state index is 12.7. The third-order valence-corrected chi connectivity index (χ3v) is 4.93. The van der Waals surface area contributed by atoms with Crippen LogP contribution in [0.5, 0.6) is 11.5 Å². The molecule has 1 aliphatic heterocycles. The van der Waals surface area contributed by atoms with Gasteiger partial charge in [0.2, 0.25) is 0 Å². The van der Waals surface area contributed by atoms with Crippen LogP contribution in [0.15, 0.2) is 34.5 Å². The van der Waals surface area contributed by atoms with Crippen LogP contribution in [0.4, 0.5) is 0 Å². The van der Waals surface area contributed by atoms with Gasteiger partial charge in [-0.25, -0.2) is 0 Å². The summed E-state index contributed by atoms with van der Waals surface area (Å²) in [4.78, 5) is 29.7. The van der Waals surface area contributed by atoms with E-state index in [4.69, 9.17) is 9.47 Å². The van der Waals surface area contributed by atoms with Crippen LogP contribution >= 0.6 is 0 Å². The molecule has 0 fully saturated rings. The van der Waals surface area contributed by atoms with Crippen LogP contribution in [-0.4, -0.2) is 36.3 Å². The van der Waals surface area contributed by atoms with Crippen molar-refractivity contribution in [1.29, 1.82) is 0 Å². The van der Waals surface area contributed by atoms with E-state index in [2.05, 4.69) is 4.99 Å². The van der Waals surface area contributed by atoms with Crippen molar-refractivity contribution in [2.24, 2.45) is 10.9 Å². The molecule has 1 aliphatic carbocycles. The highest BCUT2D eigenvalue weighted by atomic mass is 16.5. The average molecular weight is 357 g/mol. The van der Waals surface area contributed by atoms with Gasteiger partial charge < -0.3 is 14.6 Å². The molecule has 0 unspecified atom stereocenters. The summed E-state index contributed by atoms with van der Waals surface area (Å²) < 4.78 is 10.5. The Hall–Kier alpha value is -2.63. The van der Waals surface area contributed by atoms with E-state index in [0.717, 1.165) is 24.1 Å². The Morgan fingerprint density at radius 3 is 2.81 bits per heavy atom. The smallest absolute Gasteiger partial charge is 0.315 e. The number of methoxy groups -OCH3 is 1. The molecule has 0 saturated heterocycles. The van der Waals surface area contributed by atoms with Crippen molar-refractivity contribution in [3.8, 4) is 11.5 Å². The fraction of sp³-hybridized carbons (Fsp3) is 0.450. The first-order valence-electron chi connectivity index (χ1n) is 8.82. The molecule has 1 N–H and O–H groups in total. The lowest BCUT2D eigenvalue weighted by Crippen LogP contribution is -2.36. The topological polar surface area (TPSA) is 85.2 Å². The fourth-order valence-corrected chi connectivity index (χ4v) is 3.79. The summed E-state index contributed by atoms with van der Waals surface area (Å²) in [6.07, 6.45) is 1.94. The first-order chi connectivity index (χ1) is 12.5. The van der Waals surface area contributed by atoms with Gasteiger partial charge in [-0.1, -0.05) is 6.07 Å². The largest absolute Gasteiger partial charge is 0.504 e. The van der Waals surface area contributed by atoms with Crippen LogP contribution in [-0.2, 0) is 14.3 Å². The number of esters is 1. The number of carbonyl (C=O) groups is 2. The van der Waals surface area contributed by atoms with Crippen molar-refractivity contribution >= 4 is 17.5 Å². The van der Waals surface area contributed by atoms with Gasteiger partial charge in [-0.3, -0.25) is 14.6 Å². The Kier molecular flexibility index (Phi) is 5.11. The molecule has 0 aromatic heterocycles. The summed E-state index contributed by atoms with van der Waals surface area (Å²) >= 11 is 0. The normalized spacial score (nSPS) is 22.6. The molecule has 1 aromatic carbocycles. The van der Waals surface area contributed by atoms with E-state index in [-0.39, 0.29) is 11.5 Å². The Morgan fingerprint density at radius 2 is 2.12 bits per heavy atom. The van der Waals surface area contributed by atoms with Crippen molar-refractivity contribution in [3.05, 3.63) is 35.0 Å². The molecular weight excluding hydrogens is 334 g/mol. The van der Waals surface area contributed by atoms with E-state index in [1.807, 2.05) is 6.92 Å². The van der Waals surface area contributed by atoms with E-state index < -0.39 is 17.8 Å². The van der Waals surface area contributed by atoms with E-state index in [9.17, 15) is 14.7 Å². The standard InChI is InChI=1S/C20H23NO5/c1-4-26-16-10-12(8-9-14(16)22)18-17(20(24)25-3)11(2)21-13-6-5-7-15(23)19(13)18/h8-10,17-18,22H,4-7H2,1-3H3/t17-,18+/m1/s1. The van der Waals surface area contributed by atoms with Crippen molar-refractivity contribution in [3.63, 3.8) is 0 Å². The number of phenolic OH excluding ortho intramolecular Hbond substituents is 1. The second kappa shape index (κ2) is 7.32. The summed E-state index contributed by atoms with van der Waals surface area (Å²) in [5.74, 6) is -1.20. The zero-order chi connectivity index (χ0) is 18.8. The number of hydrogen-bond donors (Lipinski definition) is 1. The number of Topliss-reactive ketones (excluding diaryl/α,β-unsaturated/α-hetero) is 1. The van der Waals surface area contributed by atoms with Crippen molar-refractivity contribution in [1.82, 2.24) is 0 Å². The molecule has 1 aromatic rings. The number of hydrogen-bond acceptors (Lipinski definition) is 6. The average Bonchev–Trinajstić information content (AvgIpc) is 2.62. The third kappa shape index (κ3) is 3.11. The molecular formula is C20H23NO5. The number of nitrogens with zero attached hydrogens (tertiary/aromatic N) is 1. The molecule has 0 bridgehead atoms. The minimum atomic E-state index is -0.667. The summed E-state index contributed by atoms with van der Waals surface area (Å²) in [5, 5.41) is 10.0. The van der Waals surface area contributed by atoms with Gasteiger partial charge in [0.25, 0.3) is 0 Å². The highest BCUT2D eigenvalue weighted by molar-refractivity contribution is 6.08. The third-order valence-electron chi connectivity index (χ3n) is 4.93. The molecule has 26 heavy (non-hydrogen) atoms. The second-order valence-corrected chi connectivity index (χ2v) is 6.53. The highest BCUT2D eigenvalue weighted by Gasteiger charge is 2.43. The zero-order valence-corrected chi connectivity index (χ0v) is 15.2. The molecule has 2 aliphatic rings. The number of phenols is 1. The molecule has 3 rings (SSSR count). The highest BCUT2D eigenvalue weighted by Crippen LogP contribution is 2.45. The van der Waals surface area contributed by atoms with Crippen LogP contribution in [0, 0.1) is 5.92 Å². The number of benzene rings is 1. The molecule has 0 amide bonds. The van der Waals surface area contributed by atoms with Crippen molar-refractivity contribution in [2.45, 2.75) is 39.0 Å². The lowest BCUT2D eigenvalue weighted by Gasteiger charge is -2.34. The van der Waals surface area contributed by atoms with Gasteiger partial charge in [-0.05, 0) is 44.4 Å². The lowest BCUT2D eigenvalue weighted by atomic mass is 9.71. The summed E-state index contributed by atoms with van der Waals surface area (Å²) in [5.41, 5.74) is 2.72. The molecule has 1 heterocycles. The first kappa shape index (κ1) is 18.2. The number of aromatic hydroxyl groups is 1. The molecule has 6 nitrogen and oxygen atoms in total. The van der Waals surface area contributed by atoms with E-state index in [1.165, 1.54) is 13.2 Å². The monoisotopic (exact) mass is 357 g/mol. The number of ether oxygens (including phenoxy) is 2. The molecule has 0 radical (unpaired) electrons. The zero-order valence-electron chi connectivity index (χ0n) is 15.2. The van der Waals surface area contributed by atoms with Gasteiger partial charge in [0.05, 0.1) is 13.7 Å². The van der Waals surface area contributed by atoms with Crippen LogP contribution in [0.1, 0.15) is 44.6 Å². The minimum Gasteiger partial charge on any atom is -0.504 e. The second-order valence-electron chi connectivity index (χ2n) is 6.53. The Bertz CT molecular complexity index is 808. The van der Waals surface area contributed by atoms with Crippen LogP contribution < -0.4 is 4.74 Å². The predicted molar refractivity (Wildman–Crippen MR) is 96.5 cm³/mol. The van der Waals surface area contributed by atoms with Crippen molar-refractivity contribution in [2.75, 3.05) is 13.7 Å². The van der Waals surface area contributed by atoms with Gasteiger partial charge in [0.1, 0.15) is 5.92 Å². The van der Waals surface area contributed by atoms with E-state index >= 15 is 0 Å². The Morgan fingerprint density at radius 1 is 1.35 bits per heavy atom. The number of rotatable bonds is 4. The first-order valence-corrected chi connectivity index (χ1v) is 8.82. The van der Waals surface area contributed by atoms with Crippen LogP contribution in [0.25, 0.3) is 0 Å². The number of allylic oxidation sites excluding steroid dienone is 2. The van der Waals surface area contributed by atoms with Gasteiger partial charge in [-0.2, -0.15) is 0 Å². The van der Waals surface area contributed by atoms with Gasteiger partial charge >= 0.3 is 5.97 Å². The SMILES string of the molecule is CCOc1cc([C@@H]2C3=C(CCCC3=O)N=C(C)[C@H]2C(=O)OC)ccc1O. The molecule has 0 saturated carbocycles. The summed E-state index contributed by atoms with van der Waals surface area (Å²) in [7, 11) is 1.34. The number of ketones is 1. The maximum atomic E-state index is 12.7. The molecule has 2 atom stereocenters. The summed E-state index contributed by atoms with van der Waals surface area (Å²) in [6, 6.07) is 4.96. The quantitative estimate of drug-likeness (QED) is 0.837. The predicted octanol–water partition coefficient (Wildman–Crippen LogP) is 3.15. The van der Waals surface area contributed by atoms with Gasteiger partial charge in [0.15, 0.2) is 17.3 Å². The van der Waals surface area contributed by atoms with E-state index in [0.29, 0.717) is 30.1 Å². The molecule has 6 heteroatoms. The fourth-order valence-electron chi connectivity index (χ4n) is 3.79.